The molecule has 1 fully saturated rings. The molecular weight excluding hydrogens is 364 g/mol. The lowest BCUT2D eigenvalue weighted by molar-refractivity contribution is -0.384. The summed E-state index contributed by atoms with van der Waals surface area (Å²) in [6.45, 7) is 3.11. The van der Waals surface area contributed by atoms with Crippen molar-refractivity contribution in [3.8, 4) is 11.1 Å². The molecule has 138 valence electrons. The molecule has 0 N–H and O–H groups in total. The topological polar surface area (TPSA) is 81.4 Å². The van der Waals surface area contributed by atoms with Crippen molar-refractivity contribution in [2.75, 3.05) is 31.2 Å². The summed E-state index contributed by atoms with van der Waals surface area (Å²) in [4.78, 5) is 22.5. The molecule has 0 saturated carbocycles. The zero-order valence-corrected chi connectivity index (χ0v) is 15.5. The van der Waals surface area contributed by atoms with Crippen LogP contribution >= 0.6 is 11.3 Å². The predicted octanol–water partition coefficient (Wildman–Crippen LogP) is 3.59. The van der Waals surface area contributed by atoms with Gasteiger partial charge in [0.25, 0.3) is 5.69 Å². The van der Waals surface area contributed by atoms with Crippen LogP contribution in [0, 0.1) is 10.1 Å². The van der Waals surface area contributed by atoms with E-state index in [1.54, 1.807) is 23.5 Å². The zero-order chi connectivity index (χ0) is 18.4. The molecule has 1 aliphatic heterocycles. The summed E-state index contributed by atoms with van der Waals surface area (Å²) in [6, 6.07) is 6.85. The van der Waals surface area contributed by atoms with Gasteiger partial charge < -0.3 is 9.64 Å². The van der Waals surface area contributed by atoms with Gasteiger partial charge in [-0.1, -0.05) is 11.3 Å². The van der Waals surface area contributed by atoms with Crippen molar-refractivity contribution in [2.24, 2.45) is 0 Å². The van der Waals surface area contributed by atoms with Crippen LogP contribution < -0.4 is 4.90 Å². The third-order valence-corrected chi connectivity index (χ3v) is 6.33. The van der Waals surface area contributed by atoms with E-state index in [1.807, 2.05) is 12.1 Å². The van der Waals surface area contributed by atoms with Crippen LogP contribution in [0.15, 0.2) is 24.3 Å². The molecule has 27 heavy (non-hydrogen) atoms. The maximum atomic E-state index is 11.0. The molecule has 0 unspecified atom stereocenters. The van der Waals surface area contributed by atoms with E-state index in [0.29, 0.717) is 0 Å². The van der Waals surface area contributed by atoms with E-state index in [0.717, 1.165) is 77.9 Å². The van der Waals surface area contributed by atoms with Gasteiger partial charge in [-0.05, 0) is 42.5 Å². The Bertz CT molecular complexity index is 1030. The van der Waals surface area contributed by atoms with Crippen molar-refractivity contribution in [1.82, 2.24) is 9.97 Å². The summed E-state index contributed by atoms with van der Waals surface area (Å²) >= 11 is 1.66. The second-order valence-electron chi connectivity index (χ2n) is 6.82. The van der Waals surface area contributed by atoms with Gasteiger partial charge in [0, 0.05) is 36.5 Å². The summed E-state index contributed by atoms with van der Waals surface area (Å²) in [6.07, 6.45) is 3.06. The number of thiazole rings is 1. The molecule has 2 aliphatic rings. The first-order valence-electron chi connectivity index (χ1n) is 9.10. The minimum absolute atomic E-state index is 0.110. The first-order valence-corrected chi connectivity index (χ1v) is 9.92. The Hall–Kier alpha value is -2.58. The van der Waals surface area contributed by atoms with Crippen LogP contribution in [-0.2, 0) is 17.6 Å². The van der Waals surface area contributed by atoms with Gasteiger partial charge >= 0.3 is 0 Å². The number of rotatable bonds is 3. The van der Waals surface area contributed by atoms with Gasteiger partial charge in [0.1, 0.15) is 0 Å². The van der Waals surface area contributed by atoms with Gasteiger partial charge in [-0.15, -0.1) is 0 Å². The lowest BCUT2D eigenvalue weighted by Gasteiger charge is -2.25. The molecule has 0 bridgehead atoms. The van der Waals surface area contributed by atoms with E-state index in [-0.39, 0.29) is 10.6 Å². The number of pyridine rings is 1. The number of aryl methyl sites for hydroxylation is 1. The third kappa shape index (κ3) is 2.85. The average Bonchev–Trinajstić information content (AvgIpc) is 3.33. The monoisotopic (exact) mass is 382 g/mol. The molecule has 7 nitrogen and oxygen atoms in total. The largest absolute Gasteiger partial charge is 0.378 e. The Balaban J connectivity index is 1.67. The van der Waals surface area contributed by atoms with Gasteiger partial charge in [0.2, 0.25) is 0 Å². The van der Waals surface area contributed by atoms with Crippen molar-refractivity contribution >= 4 is 32.5 Å². The summed E-state index contributed by atoms with van der Waals surface area (Å²) in [5.74, 6) is 0. The van der Waals surface area contributed by atoms with Crippen molar-refractivity contribution in [3.05, 3.63) is 45.6 Å². The molecule has 1 aliphatic carbocycles. The summed E-state index contributed by atoms with van der Waals surface area (Å²) < 4.78 is 6.52. The van der Waals surface area contributed by atoms with Gasteiger partial charge in [0.15, 0.2) is 10.8 Å². The summed E-state index contributed by atoms with van der Waals surface area (Å²) in [5, 5.41) is 12.0. The van der Waals surface area contributed by atoms with Crippen LogP contribution in [-0.4, -0.2) is 41.2 Å². The Morgan fingerprint density at radius 3 is 2.63 bits per heavy atom. The SMILES string of the molecule is O=[N+]([O-])c1ccc(-c2c3c(nc4nc(N5CCOCC5)sc24)CCC3)cc1. The molecule has 0 amide bonds. The second-order valence-corrected chi connectivity index (χ2v) is 7.80. The van der Waals surface area contributed by atoms with Crippen LogP contribution in [0.4, 0.5) is 10.8 Å². The summed E-state index contributed by atoms with van der Waals surface area (Å²) in [7, 11) is 0. The number of hydrogen-bond donors (Lipinski definition) is 0. The normalized spacial score (nSPS) is 16.7. The number of anilines is 1. The highest BCUT2D eigenvalue weighted by Crippen LogP contribution is 2.42. The first kappa shape index (κ1) is 16.6. The molecule has 1 aromatic carbocycles. The molecule has 3 aromatic rings. The van der Waals surface area contributed by atoms with Crippen molar-refractivity contribution in [1.29, 1.82) is 0 Å². The standard InChI is InChI=1S/C19H18N4O3S/c24-23(25)13-6-4-12(5-7-13)16-14-2-1-3-15(14)20-18-17(16)27-19(21-18)22-8-10-26-11-9-22/h4-7H,1-3,8-11H2. The highest BCUT2D eigenvalue weighted by atomic mass is 32.1. The van der Waals surface area contributed by atoms with Gasteiger partial charge in [0.05, 0.1) is 22.8 Å². The van der Waals surface area contributed by atoms with E-state index < -0.39 is 0 Å². The third-order valence-electron chi connectivity index (χ3n) is 5.20. The van der Waals surface area contributed by atoms with E-state index in [1.165, 1.54) is 5.56 Å². The van der Waals surface area contributed by atoms with E-state index >= 15 is 0 Å². The molecule has 2 aromatic heterocycles. The van der Waals surface area contributed by atoms with Crippen LogP contribution in [0.2, 0.25) is 0 Å². The Morgan fingerprint density at radius 2 is 1.89 bits per heavy atom. The molecule has 3 heterocycles. The smallest absolute Gasteiger partial charge is 0.269 e. The number of nitro groups is 1. The number of aromatic nitrogens is 2. The number of hydrogen-bond acceptors (Lipinski definition) is 7. The van der Waals surface area contributed by atoms with Crippen LogP contribution in [0.25, 0.3) is 21.5 Å². The lowest BCUT2D eigenvalue weighted by atomic mass is 9.99. The Kier molecular flexibility index (Phi) is 4.02. The van der Waals surface area contributed by atoms with Crippen molar-refractivity contribution in [2.45, 2.75) is 19.3 Å². The second kappa shape index (κ2) is 6.54. The number of nitro benzene ring substituents is 1. The highest BCUT2D eigenvalue weighted by molar-refractivity contribution is 7.22. The van der Waals surface area contributed by atoms with Crippen LogP contribution in [0.1, 0.15) is 17.7 Å². The number of ether oxygens (including phenoxy) is 1. The number of morpholine rings is 1. The van der Waals surface area contributed by atoms with Crippen LogP contribution in [0.3, 0.4) is 0 Å². The number of benzene rings is 1. The molecule has 1 saturated heterocycles. The summed E-state index contributed by atoms with van der Waals surface area (Å²) in [5.41, 5.74) is 5.44. The first-order chi connectivity index (χ1) is 13.2. The fourth-order valence-corrected chi connectivity index (χ4v) is 5.02. The van der Waals surface area contributed by atoms with E-state index in [2.05, 4.69) is 4.90 Å². The molecule has 0 atom stereocenters. The average molecular weight is 382 g/mol. The minimum atomic E-state index is -0.362. The van der Waals surface area contributed by atoms with Gasteiger partial charge in [-0.25, -0.2) is 4.98 Å². The highest BCUT2D eigenvalue weighted by Gasteiger charge is 2.25. The van der Waals surface area contributed by atoms with Crippen molar-refractivity contribution in [3.63, 3.8) is 0 Å². The van der Waals surface area contributed by atoms with Crippen LogP contribution in [0.5, 0.6) is 0 Å². The van der Waals surface area contributed by atoms with Crippen molar-refractivity contribution < 1.29 is 9.66 Å². The predicted molar refractivity (Wildman–Crippen MR) is 105 cm³/mol. The van der Waals surface area contributed by atoms with Gasteiger partial charge in [-0.3, -0.25) is 10.1 Å². The number of non-ortho nitro benzene ring substituents is 1. The Labute approximate surface area is 159 Å². The maximum Gasteiger partial charge on any atom is 0.269 e. The molecule has 0 spiro atoms. The fourth-order valence-electron chi connectivity index (χ4n) is 3.87. The quantitative estimate of drug-likeness (QED) is 0.509. The lowest BCUT2D eigenvalue weighted by Crippen LogP contribution is -2.36. The van der Waals surface area contributed by atoms with Gasteiger partial charge in [-0.2, -0.15) is 4.98 Å². The fraction of sp³-hybridized carbons (Fsp3) is 0.368. The Morgan fingerprint density at radius 1 is 1.11 bits per heavy atom. The number of fused-ring (bicyclic) bond motifs is 2. The maximum absolute atomic E-state index is 11.0. The molecular formula is C19H18N4O3S. The molecule has 5 rings (SSSR count). The number of nitrogens with zero attached hydrogens (tertiary/aromatic N) is 4. The van der Waals surface area contributed by atoms with E-state index in [4.69, 9.17) is 14.7 Å². The zero-order valence-electron chi connectivity index (χ0n) is 14.7. The minimum Gasteiger partial charge on any atom is -0.378 e. The van der Waals surface area contributed by atoms with E-state index in [9.17, 15) is 10.1 Å². The molecule has 8 heteroatoms. The molecule has 0 radical (unpaired) electrons.